The van der Waals surface area contributed by atoms with Gasteiger partial charge in [-0.25, -0.2) is 14.6 Å². The number of aliphatic hydroxyl groups excluding tert-OH is 2. The molecule has 1 aromatic heterocycles. The molecular formula is C23H30N2O8S2. The van der Waals surface area contributed by atoms with Crippen molar-refractivity contribution in [3.05, 3.63) is 32.1 Å². The third kappa shape index (κ3) is 6.05. The predicted octanol–water partition coefficient (Wildman–Crippen LogP) is 3.11. The van der Waals surface area contributed by atoms with Crippen LogP contribution in [0.25, 0.3) is 6.08 Å². The van der Waals surface area contributed by atoms with Crippen molar-refractivity contribution in [2.75, 3.05) is 13.4 Å². The van der Waals surface area contributed by atoms with Gasteiger partial charge in [0.2, 0.25) is 12.7 Å². The molecule has 12 heteroatoms. The lowest BCUT2D eigenvalue weighted by atomic mass is 9.79. The van der Waals surface area contributed by atoms with E-state index in [0.717, 1.165) is 4.88 Å². The smallest absolute Gasteiger partial charge is 0.434 e. The number of thiazole rings is 1. The van der Waals surface area contributed by atoms with Crippen LogP contribution in [0.2, 0.25) is 0 Å². The van der Waals surface area contributed by atoms with Gasteiger partial charge < -0.3 is 29.3 Å². The number of carbonyl (C=O) groups is 3. The zero-order valence-electron chi connectivity index (χ0n) is 20.2. The van der Waals surface area contributed by atoms with Crippen LogP contribution in [0, 0.1) is 17.3 Å². The van der Waals surface area contributed by atoms with Gasteiger partial charge in [-0.2, -0.15) is 0 Å². The summed E-state index contributed by atoms with van der Waals surface area (Å²) in [4.78, 5) is 44.3. The van der Waals surface area contributed by atoms with Crippen molar-refractivity contribution in [3.8, 4) is 0 Å². The van der Waals surface area contributed by atoms with Crippen LogP contribution in [-0.2, 0) is 30.4 Å². The highest BCUT2D eigenvalue weighted by Crippen LogP contribution is 2.51. The zero-order chi connectivity index (χ0) is 25.9. The van der Waals surface area contributed by atoms with E-state index in [1.807, 2.05) is 27.7 Å². The normalized spacial score (nSPS) is 22.8. The summed E-state index contributed by atoms with van der Waals surface area (Å²) in [5.74, 6) is -2.04. The number of esters is 1. The molecule has 2 aliphatic heterocycles. The van der Waals surface area contributed by atoms with Crippen LogP contribution in [0.15, 0.2) is 21.5 Å². The van der Waals surface area contributed by atoms with Gasteiger partial charge in [-0.1, -0.05) is 39.5 Å². The molecule has 0 aromatic carbocycles. The average Bonchev–Trinajstić information content (AvgIpc) is 3.32. The lowest BCUT2D eigenvalue weighted by Gasteiger charge is -2.46. The van der Waals surface area contributed by atoms with E-state index in [1.165, 1.54) is 28.0 Å². The highest BCUT2D eigenvalue weighted by Gasteiger charge is 2.60. The fourth-order valence-electron chi connectivity index (χ4n) is 3.89. The van der Waals surface area contributed by atoms with E-state index in [9.17, 15) is 24.6 Å². The molecule has 1 fully saturated rings. The Kier molecular flexibility index (Phi) is 8.63. The maximum atomic E-state index is 13.0. The first-order chi connectivity index (χ1) is 16.5. The molecule has 0 bridgehead atoms. The van der Waals surface area contributed by atoms with E-state index in [4.69, 9.17) is 14.2 Å². The monoisotopic (exact) mass is 526 g/mol. The first kappa shape index (κ1) is 27.2. The molecule has 3 heterocycles. The summed E-state index contributed by atoms with van der Waals surface area (Å²) >= 11 is 2.61. The maximum Gasteiger partial charge on any atom is 0.511 e. The molecule has 0 spiro atoms. The van der Waals surface area contributed by atoms with Crippen LogP contribution in [0.1, 0.15) is 45.2 Å². The lowest BCUT2D eigenvalue weighted by molar-refractivity contribution is -0.166. The minimum Gasteiger partial charge on any atom is -0.434 e. The predicted molar refractivity (Wildman–Crippen MR) is 130 cm³/mol. The Hall–Kier alpha value is -2.41. The molecular weight excluding hydrogens is 496 g/mol. The summed E-state index contributed by atoms with van der Waals surface area (Å²) in [6, 6.07) is -0.380. The van der Waals surface area contributed by atoms with Gasteiger partial charge in [-0.05, 0) is 23.8 Å². The van der Waals surface area contributed by atoms with Gasteiger partial charge in [0.15, 0.2) is 0 Å². The molecule has 10 nitrogen and oxygen atoms in total. The number of carbonyl (C=O) groups excluding carboxylic acids is 3. The largest absolute Gasteiger partial charge is 0.511 e. The number of thioether (sulfide) groups is 1. The van der Waals surface area contributed by atoms with Crippen molar-refractivity contribution in [3.63, 3.8) is 0 Å². The minimum absolute atomic E-state index is 0.0670. The van der Waals surface area contributed by atoms with Crippen molar-refractivity contribution >= 4 is 47.2 Å². The number of nitrogens with zero attached hydrogens (tertiary/aromatic N) is 2. The van der Waals surface area contributed by atoms with Gasteiger partial charge in [-0.3, -0.25) is 4.79 Å². The van der Waals surface area contributed by atoms with Gasteiger partial charge in [0, 0.05) is 10.8 Å². The number of amides is 1. The highest BCUT2D eigenvalue weighted by atomic mass is 32.2. The molecule has 1 aromatic rings. The fourth-order valence-corrected chi connectivity index (χ4v) is 5.67. The van der Waals surface area contributed by atoms with Gasteiger partial charge in [-0.15, -0.1) is 11.3 Å². The quantitative estimate of drug-likeness (QED) is 0.281. The van der Waals surface area contributed by atoms with Crippen LogP contribution in [0.3, 0.4) is 0 Å². The Labute approximate surface area is 211 Å². The van der Waals surface area contributed by atoms with Crippen LogP contribution in [0.4, 0.5) is 4.79 Å². The summed E-state index contributed by atoms with van der Waals surface area (Å²) in [6.45, 7) is 8.38. The number of hydrogen-bond donors (Lipinski definition) is 2. The van der Waals surface area contributed by atoms with E-state index >= 15 is 0 Å². The topological polar surface area (TPSA) is 135 Å². The van der Waals surface area contributed by atoms with Crippen LogP contribution in [0.5, 0.6) is 0 Å². The van der Waals surface area contributed by atoms with Crippen molar-refractivity contribution < 1.29 is 38.8 Å². The standard InChI is InChI=1S/C23H30N2O8S2/c1-12-17-16(13(2)27)20(28)25(17)18(19(12)34-7-6-15-14(8-26)24-10-35-15)21(29)32-11-33-22(30)31-9-23(3,4)5/h6-7,10,12-13,16-17,26-27H,8-9,11H2,1-5H3/t12-,13-,16-,17-/m1/s1. The molecule has 1 saturated heterocycles. The lowest BCUT2D eigenvalue weighted by Crippen LogP contribution is -2.63. The van der Waals surface area contributed by atoms with E-state index < -0.39 is 30.9 Å². The summed E-state index contributed by atoms with van der Waals surface area (Å²) in [6.07, 6.45) is -0.0574. The molecule has 0 radical (unpaired) electrons. The Morgan fingerprint density at radius 1 is 1.31 bits per heavy atom. The Morgan fingerprint density at radius 2 is 2.03 bits per heavy atom. The highest BCUT2D eigenvalue weighted by molar-refractivity contribution is 8.06. The van der Waals surface area contributed by atoms with E-state index in [-0.39, 0.29) is 42.2 Å². The van der Waals surface area contributed by atoms with Gasteiger partial charge >= 0.3 is 12.1 Å². The number of ether oxygens (including phenoxy) is 3. The molecule has 35 heavy (non-hydrogen) atoms. The average molecular weight is 527 g/mol. The minimum atomic E-state index is -0.963. The number of hydrogen-bond acceptors (Lipinski definition) is 11. The molecule has 0 saturated carbocycles. The molecule has 4 atom stereocenters. The maximum absolute atomic E-state index is 13.0. The van der Waals surface area contributed by atoms with Gasteiger partial charge in [0.1, 0.15) is 5.70 Å². The van der Waals surface area contributed by atoms with Crippen LogP contribution < -0.4 is 0 Å². The molecule has 2 N–H and O–H groups in total. The molecule has 192 valence electrons. The van der Waals surface area contributed by atoms with E-state index in [2.05, 4.69) is 4.98 Å². The number of aromatic nitrogens is 1. The molecule has 2 aliphatic rings. The van der Waals surface area contributed by atoms with Crippen LogP contribution in [-0.4, -0.2) is 63.7 Å². The second-order valence-corrected chi connectivity index (χ2v) is 11.3. The van der Waals surface area contributed by atoms with Crippen LogP contribution >= 0.6 is 23.1 Å². The first-order valence-corrected chi connectivity index (χ1v) is 12.8. The molecule has 1 amide bonds. The molecule has 0 aliphatic carbocycles. The summed E-state index contributed by atoms with van der Waals surface area (Å²) in [7, 11) is 0. The fraction of sp³-hybridized carbons (Fsp3) is 0.565. The third-order valence-corrected chi connectivity index (χ3v) is 7.46. The Balaban J connectivity index is 1.73. The number of β-lactam (4-membered cyclic amide) rings is 1. The van der Waals surface area contributed by atoms with Crippen molar-refractivity contribution in [2.45, 2.75) is 53.4 Å². The summed E-state index contributed by atoms with van der Waals surface area (Å²) < 4.78 is 14.9. The molecule has 0 unspecified atom stereocenters. The van der Waals surface area contributed by atoms with Gasteiger partial charge in [0.25, 0.3) is 0 Å². The third-order valence-electron chi connectivity index (χ3n) is 5.53. The number of fused-ring (bicyclic) bond motifs is 1. The first-order valence-electron chi connectivity index (χ1n) is 11.0. The number of aliphatic hydroxyl groups is 2. The van der Waals surface area contributed by atoms with E-state index in [1.54, 1.807) is 23.9 Å². The van der Waals surface area contributed by atoms with Crippen molar-refractivity contribution in [1.82, 2.24) is 9.88 Å². The SMILES string of the molecule is C[C@@H](O)[C@H]1C(=O)N2C(C(=O)OCOC(=O)OCC(C)(C)C)=C(SC=Cc3scnc3CO)[C@H](C)[C@H]12. The molecule has 3 rings (SSSR count). The van der Waals surface area contributed by atoms with E-state index in [0.29, 0.717) is 10.6 Å². The summed E-state index contributed by atoms with van der Waals surface area (Å²) in [5.41, 5.74) is 1.99. The van der Waals surface area contributed by atoms with Gasteiger partial charge in [0.05, 0.1) is 47.4 Å². The van der Waals surface area contributed by atoms with Crippen molar-refractivity contribution in [2.24, 2.45) is 17.3 Å². The Bertz CT molecular complexity index is 1030. The Morgan fingerprint density at radius 3 is 2.66 bits per heavy atom. The summed E-state index contributed by atoms with van der Waals surface area (Å²) in [5, 5.41) is 21.2. The zero-order valence-corrected chi connectivity index (χ0v) is 21.9. The number of rotatable bonds is 9. The second kappa shape index (κ2) is 11.1. The van der Waals surface area contributed by atoms with Crippen molar-refractivity contribution in [1.29, 1.82) is 0 Å². The second-order valence-electron chi connectivity index (χ2n) is 9.50.